The van der Waals surface area contributed by atoms with Crippen LogP contribution in [-0.4, -0.2) is 16.7 Å². The zero-order valence-electron chi connectivity index (χ0n) is 12.6. The van der Waals surface area contributed by atoms with Gasteiger partial charge in [0.15, 0.2) is 0 Å². The van der Waals surface area contributed by atoms with Crippen molar-refractivity contribution < 1.29 is 4.74 Å². The van der Waals surface area contributed by atoms with E-state index in [2.05, 4.69) is 15.6 Å². The molecule has 3 rings (SSSR count). The lowest BCUT2D eigenvalue weighted by Gasteiger charge is -2.12. The van der Waals surface area contributed by atoms with Crippen LogP contribution in [0.25, 0.3) is 0 Å². The van der Waals surface area contributed by atoms with Gasteiger partial charge >= 0.3 is 0 Å². The normalized spacial score (nSPS) is 10.6. The number of hydrogen-bond donors (Lipinski definition) is 1. The molecule has 0 radical (unpaired) electrons. The van der Waals surface area contributed by atoms with Crippen molar-refractivity contribution in [3.05, 3.63) is 77.9 Å². The summed E-state index contributed by atoms with van der Waals surface area (Å²) in [5.74, 6) is 1.88. The second kappa shape index (κ2) is 6.35. The van der Waals surface area contributed by atoms with Crippen LogP contribution in [0.4, 0.5) is 5.69 Å². The molecular weight excluding hydrogens is 274 g/mol. The molecule has 112 valence electrons. The van der Waals surface area contributed by atoms with E-state index >= 15 is 0 Å². The van der Waals surface area contributed by atoms with E-state index in [0.717, 1.165) is 41.4 Å². The standard InChI is InChI=1S/C18H19N3O/c1-22-17-9-5-3-7-15(17)13-21-11-10-20-18(21)12-14-6-2-4-8-16(14)19/h2-11H,12-13,19H2,1H3. The molecule has 0 bridgehead atoms. The topological polar surface area (TPSA) is 53.1 Å². The summed E-state index contributed by atoms with van der Waals surface area (Å²) in [7, 11) is 1.69. The lowest BCUT2D eigenvalue weighted by atomic mass is 10.1. The Bertz CT molecular complexity index is 764. The first-order chi connectivity index (χ1) is 10.8. The summed E-state index contributed by atoms with van der Waals surface area (Å²) < 4.78 is 7.55. The Morgan fingerprint density at radius 3 is 2.55 bits per heavy atom. The van der Waals surface area contributed by atoms with E-state index in [4.69, 9.17) is 10.5 Å². The molecule has 22 heavy (non-hydrogen) atoms. The maximum Gasteiger partial charge on any atom is 0.123 e. The molecule has 0 aliphatic rings. The number of ether oxygens (including phenoxy) is 1. The van der Waals surface area contributed by atoms with Crippen LogP contribution in [0.15, 0.2) is 60.9 Å². The second-order valence-electron chi connectivity index (χ2n) is 5.16. The van der Waals surface area contributed by atoms with Gasteiger partial charge in [-0.25, -0.2) is 4.98 Å². The molecule has 0 fully saturated rings. The second-order valence-corrected chi connectivity index (χ2v) is 5.16. The number of para-hydroxylation sites is 2. The molecule has 0 amide bonds. The number of nitrogen functional groups attached to an aromatic ring is 1. The Labute approximate surface area is 130 Å². The lowest BCUT2D eigenvalue weighted by molar-refractivity contribution is 0.408. The largest absolute Gasteiger partial charge is 0.496 e. The summed E-state index contributed by atoms with van der Waals surface area (Å²) in [5, 5.41) is 0. The van der Waals surface area contributed by atoms with Gasteiger partial charge in [-0.2, -0.15) is 0 Å². The Kier molecular flexibility index (Phi) is 4.10. The van der Waals surface area contributed by atoms with Crippen LogP contribution in [-0.2, 0) is 13.0 Å². The minimum atomic E-state index is 0.717. The summed E-state index contributed by atoms with van der Waals surface area (Å²) >= 11 is 0. The molecule has 0 aliphatic heterocycles. The third kappa shape index (κ3) is 2.96. The number of nitrogens with two attached hydrogens (primary N) is 1. The molecule has 4 heteroatoms. The molecule has 1 aromatic heterocycles. The van der Waals surface area contributed by atoms with Crippen molar-refractivity contribution in [1.29, 1.82) is 0 Å². The predicted molar refractivity (Wildman–Crippen MR) is 88.0 cm³/mol. The molecule has 0 saturated heterocycles. The fourth-order valence-electron chi connectivity index (χ4n) is 2.53. The first-order valence-corrected chi connectivity index (χ1v) is 7.23. The zero-order valence-corrected chi connectivity index (χ0v) is 12.6. The van der Waals surface area contributed by atoms with Crippen molar-refractivity contribution in [1.82, 2.24) is 9.55 Å². The minimum absolute atomic E-state index is 0.717. The third-order valence-electron chi connectivity index (χ3n) is 3.74. The van der Waals surface area contributed by atoms with Crippen molar-refractivity contribution in [3.63, 3.8) is 0 Å². The highest BCUT2D eigenvalue weighted by molar-refractivity contribution is 5.47. The van der Waals surface area contributed by atoms with E-state index in [1.54, 1.807) is 7.11 Å². The van der Waals surface area contributed by atoms with Gasteiger partial charge in [0.05, 0.1) is 13.7 Å². The average molecular weight is 293 g/mol. The molecular formula is C18H19N3O. The third-order valence-corrected chi connectivity index (χ3v) is 3.74. The molecule has 0 saturated carbocycles. The van der Waals surface area contributed by atoms with E-state index in [0.29, 0.717) is 0 Å². The maximum absolute atomic E-state index is 6.03. The number of methoxy groups -OCH3 is 1. The monoisotopic (exact) mass is 293 g/mol. The summed E-state index contributed by atoms with van der Waals surface area (Å²) in [6.07, 6.45) is 4.53. The quantitative estimate of drug-likeness (QED) is 0.735. The van der Waals surface area contributed by atoms with Gasteiger partial charge in [-0.15, -0.1) is 0 Å². The fraction of sp³-hybridized carbons (Fsp3) is 0.167. The van der Waals surface area contributed by atoms with Gasteiger partial charge in [0.25, 0.3) is 0 Å². The molecule has 4 nitrogen and oxygen atoms in total. The first-order valence-electron chi connectivity index (χ1n) is 7.23. The highest BCUT2D eigenvalue weighted by Gasteiger charge is 2.09. The smallest absolute Gasteiger partial charge is 0.123 e. The minimum Gasteiger partial charge on any atom is -0.496 e. The molecule has 0 unspecified atom stereocenters. The summed E-state index contributed by atoms with van der Waals surface area (Å²) in [6, 6.07) is 15.9. The van der Waals surface area contributed by atoms with Crippen LogP contribution in [0.2, 0.25) is 0 Å². The number of hydrogen-bond acceptors (Lipinski definition) is 3. The fourth-order valence-corrected chi connectivity index (χ4v) is 2.53. The highest BCUT2D eigenvalue weighted by Crippen LogP contribution is 2.20. The molecule has 2 N–H and O–H groups in total. The van der Waals surface area contributed by atoms with E-state index in [1.807, 2.05) is 54.9 Å². The van der Waals surface area contributed by atoms with Gasteiger partial charge in [0.2, 0.25) is 0 Å². The van der Waals surface area contributed by atoms with Crippen LogP contribution in [0.5, 0.6) is 5.75 Å². The van der Waals surface area contributed by atoms with E-state index in [-0.39, 0.29) is 0 Å². The molecule has 0 atom stereocenters. The number of aromatic nitrogens is 2. The Morgan fingerprint density at radius 2 is 1.77 bits per heavy atom. The molecule has 0 spiro atoms. The van der Waals surface area contributed by atoms with E-state index in [9.17, 15) is 0 Å². The number of anilines is 1. The first kappa shape index (κ1) is 14.2. The number of nitrogens with zero attached hydrogens (tertiary/aromatic N) is 2. The molecule has 3 aromatic rings. The number of rotatable bonds is 5. The van der Waals surface area contributed by atoms with Crippen molar-refractivity contribution in [2.45, 2.75) is 13.0 Å². The number of benzene rings is 2. The Morgan fingerprint density at radius 1 is 1.05 bits per heavy atom. The summed E-state index contributed by atoms with van der Waals surface area (Å²) in [5.41, 5.74) is 9.05. The van der Waals surface area contributed by atoms with Crippen LogP contribution in [0.3, 0.4) is 0 Å². The van der Waals surface area contributed by atoms with Crippen LogP contribution in [0, 0.1) is 0 Å². The molecule has 0 aliphatic carbocycles. The zero-order chi connectivity index (χ0) is 15.4. The molecule has 2 aromatic carbocycles. The van der Waals surface area contributed by atoms with Gasteiger partial charge in [-0.1, -0.05) is 36.4 Å². The van der Waals surface area contributed by atoms with Gasteiger partial charge in [-0.05, 0) is 17.7 Å². The summed E-state index contributed by atoms with van der Waals surface area (Å²) in [4.78, 5) is 4.47. The van der Waals surface area contributed by atoms with Crippen LogP contribution in [0.1, 0.15) is 17.0 Å². The van der Waals surface area contributed by atoms with Gasteiger partial charge in [0, 0.05) is 30.1 Å². The van der Waals surface area contributed by atoms with Crippen molar-refractivity contribution in [2.24, 2.45) is 0 Å². The van der Waals surface area contributed by atoms with Gasteiger partial charge in [-0.3, -0.25) is 0 Å². The van der Waals surface area contributed by atoms with Gasteiger partial charge < -0.3 is 15.0 Å². The Hall–Kier alpha value is -2.75. The van der Waals surface area contributed by atoms with Crippen molar-refractivity contribution in [2.75, 3.05) is 12.8 Å². The van der Waals surface area contributed by atoms with Crippen LogP contribution >= 0.6 is 0 Å². The average Bonchev–Trinajstić information content (AvgIpc) is 2.97. The highest BCUT2D eigenvalue weighted by atomic mass is 16.5. The Balaban J connectivity index is 1.85. The molecule has 1 heterocycles. The van der Waals surface area contributed by atoms with Crippen molar-refractivity contribution in [3.8, 4) is 5.75 Å². The predicted octanol–water partition coefficient (Wildman–Crippen LogP) is 3.11. The number of imidazole rings is 1. The van der Waals surface area contributed by atoms with E-state index in [1.165, 1.54) is 0 Å². The SMILES string of the molecule is COc1ccccc1Cn1ccnc1Cc1ccccc1N. The lowest BCUT2D eigenvalue weighted by Crippen LogP contribution is -2.07. The summed E-state index contributed by atoms with van der Waals surface area (Å²) in [6.45, 7) is 0.728. The van der Waals surface area contributed by atoms with Gasteiger partial charge in [0.1, 0.15) is 11.6 Å². The van der Waals surface area contributed by atoms with E-state index < -0.39 is 0 Å². The van der Waals surface area contributed by atoms with Crippen LogP contribution < -0.4 is 10.5 Å². The maximum atomic E-state index is 6.03. The van der Waals surface area contributed by atoms with Crippen molar-refractivity contribution >= 4 is 5.69 Å².